The van der Waals surface area contributed by atoms with Crippen LogP contribution in [0.25, 0.3) is 11.2 Å². The molecule has 2 aromatic heterocycles. The van der Waals surface area contributed by atoms with Crippen LogP contribution in [0.1, 0.15) is 11.1 Å². The van der Waals surface area contributed by atoms with Gasteiger partial charge in [0.05, 0.1) is 6.33 Å². The molecule has 25 heavy (non-hydrogen) atoms. The third-order valence-electron chi connectivity index (χ3n) is 4.10. The second-order valence-corrected chi connectivity index (χ2v) is 6.02. The van der Waals surface area contributed by atoms with Crippen molar-refractivity contribution in [1.82, 2.24) is 24.0 Å². The van der Waals surface area contributed by atoms with Crippen molar-refractivity contribution in [3.63, 3.8) is 0 Å². The van der Waals surface area contributed by atoms with Crippen LogP contribution in [0.2, 0.25) is 0 Å². The molecule has 1 N–H and O–H groups in total. The maximum Gasteiger partial charge on any atom is 0.332 e. The average Bonchev–Trinajstić information content (AvgIpc) is 3.00. The predicted octanol–water partition coefficient (Wildman–Crippen LogP) is 0.0585. The zero-order valence-electron chi connectivity index (χ0n) is 14.3. The largest absolute Gasteiger partial charge is 0.350 e. The average molecular weight is 341 g/mol. The molecule has 0 aliphatic heterocycles. The first-order chi connectivity index (χ1) is 11.9. The fourth-order valence-electron chi connectivity index (χ4n) is 2.75. The number of carbonyl (C=O) groups excluding carboxylic acids is 1. The van der Waals surface area contributed by atoms with E-state index < -0.39 is 11.2 Å². The number of hydrogen-bond donors (Lipinski definition) is 1. The number of aromatic nitrogens is 4. The Morgan fingerprint density at radius 2 is 1.96 bits per heavy atom. The van der Waals surface area contributed by atoms with Crippen LogP contribution >= 0.6 is 0 Å². The standard InChI is InChI=1S/C17H19N5O3/c1-11-5-4-6-12(7-11)8-18-13(23)9-22-10-19-15-14(22)16(24)21(3)17(25)20(15)2/h4-7,10H,8-9H2,1-3H3,(H,18,23). The summed E-state index contributed by atoms with van der Waals surface area (Å²) < 4.78 is 3.76. The van der Waals surface area contributed by atoms with Gasteiger partial charge in [0, 0.05) is 20.6 Å². The number of amides is 1. The molecule has 3 rings (SSSR count). The maximum atomic E-state index is 12.3. The summed E-state index contributed by atoms with van der Waals surface area (Å²) in [6.45, 7) is 2.35. The maximum absolute atomic E-state index is 12.3. The van der Waals surface area contributed by atoms with E-state index in [0.29, 0.717) is 6.54 Å². The molecule has 1 aromatic carbocycles. The van der Waals surface area contributed by atoms with Gasteiger partial charge in [0.2, 0.25) is 5.91 Å². The Hall–Kier alpha value is -3.16. The fourth-order valence-corrected chi connectivity index (χ4v) is 2.75. The molecule has 0 saturated carbocycles. The number of benzene rings is 1. The van der Waals surface area contributed by atoms with E-state index in [1.54, 1.807) is 7.05 Å². The van der Waals surface area contributed by atoms with E-state index in [-0.39, 0.29) is 23.6 Å². The smallest absolute Gasteiger partial charge is 0.332 e. The Morgan fingerprint density at radius 1 is 1.20 bits per heavy atom. The minimum absolute atomic E-state index is 0.0459. The van der Waals surface area contributed by atoms with Crippen molar-refractivity contribution in [1.29, 1.82) is 0 Å². The van der Waals surface area contributed by atoms with E-state index >= 15 is 0 Å². The second-order valence-electron chi connectivity index (χ2n) is 6.02. The van der Waals surface area contributed by atoms with Crippen molar-refractivity contribution < 1.29 is 4.79 Å². The molecule has 0 saturated heterocycles. The lowest BCUT2D eigenvalue weighted by Crippen LogP contribution is -2.38. The number of rotatable bonds is 4. The van der Waals surface area contributed by atoms with Gasteiger partial charge in [-0.25, -0.2) is 9.78 Å². The molecule has 130 valence electrons. The van der Waals surface area contributed by atoms with Gasteiger partial charge in [0.1, 0.15) is 6.54 Å². The molecule has 0 fully saturated rings. The van der Waals surface area contributed by atoms with Crippen molar-refractivity contribution >= 4 is 17.1 Å². The zero-order chi connectivity index (χ0) is 18.1. The monoisotopic (exact) mass is 341 g/mol. The molecular formula is C17H19N5O3. The highest BCUT2D eigenvalue weighted by Gasteiger charge is 2.15. The SMILES string of the molecule is Cc1cccc(CNC(=O)Cn2cnc3c2c(=O)n(C)c(=O)n3C)c1. The lowest BCUT2D eigenvalue weighted by Gasteiger charge is -2.08. The van der Waals surface area contributed by atoms with E-state index in [4.69, 9.17) is 0 Å². The van der Waals surface area contributed by atoms with Crippen LogP contribution in [0.4, 0.5) is 0 Å². The van der Waals surface area contributed by atoms with E-state index in [1.165, 1.54) is 22.5 Å². The molecule has 0 aliphatic rings. The van der Waals surface area contributed by atoms with Gasteiger partial charge >= 0.3 is 5.69 Å². The molecule has 3 aromatic rings. The Bertz CT molecular complexity index is 1070. The Kier molecular flexibility index (Phi) is 4.26. The van der Waals surface area contributed by atoms with Crippen LogP contribution < -0.4 is 16.6 Å². The normalized spacial score (nSPS) is 11.0. The van der Waals surface area contributed by atoms with Crippen LogP contribution in [-0.2, 0) is 32.0 Å². The number of hydrogen-bond acceptors (Lipinski definition) is 4. The Morgan fingerprint density at radius 3 is 2.68 bits per heavy atom. The molecule has 0 aliphatic carbocycles. The summed E-state index contributed by atoms with van der Waals surface area (Å²) in [7, 11) is 2.94. The molecule has 8 nitrogen and oxygen atoms in total. The van der Waals surface area contributed by atoms with E-state index in [2.05, 4.69) is 10.3 Å². The Labute approximate surface area is 143 Å². The van der Waals surface area contributed by atoms with Gasteiger partial charge in [-0.05, 0) is 12.5 Å². The zero-order valence-corrected chi connectivity index (χ0v) is 14.3. The van der Waals surface area contributed by atoms with Crippen LogP contribution in [0.15, 0.2) is 40.2 Å². The topological polar surface area (TPSA) is 90.9 Å². The van der Waals surface area contributed by atoms with Crippen molar-refractivity contribution in [3.05, 3.63) is 62.6 Å². The number of nitrogens with one attached hydrogen (secondary N) is 1. The summed E-state index contributed by atoms with van der Waals surface area (Å²) in [6.07, 6.45) is 1.40. The van der Waals surface area contributed by atoms with E-state index in [1.807, 2.05) is 31.2 Å². The van der Waals surface area contributed by atoms with Gasteiger partial charge < -0.3 is 9.88 Å². The van der Waals surface area contributed by atoms with Gasteiger partial charge in [-0.15, -0.1) is 0 Å². The third kappa shape index (κ3) is 3.10. The van der Waals surface area contributed by atoms with E-state index in [9.17, 15) is 14.4 Å². The number of aryl methyl sites for hydroxylation is 2. The predicted molar refractivity (Wildman–Crippen MR) is 93.2 cm³/mol. The van der Waals surface area contributed by atoms with Crippen LogP contribution in [0, 0.1) is 6.92 Å². The van der Waals surface area contributed by atoms with Gasteiger partial charge in [-0.3, -0.25) is 18.7 Å². The lowest BCUT2D eigenvalue weighted by atomic mass is 10.1. The summed E-state index contributed by atoms with van der Waals surface area (Å²) in [5.41, 5.74) is 1.70. The molecular weight excluding hydrogens is 322 g/mol. The van der Waals surface area contributed by atoms with Crippen molar-refractivity contribution in [2.24, 2.45) is 14.1 Å². The Balaban J connectivity index is 1.82. The second kappa shape index (κ2) is 6.39. The van der Waals surface area contributed by atoms with Crippen molar-refractivity contribution in [2.45, 2.75) is 20.0 Å². The van der Waals surface area contributed by atoms with Crippen molar-refractivity contribution in [2.75, 3.05) is 0 Å². The minimum Gasteiger partial charge on any atom is -0.350 e. The van der Waals surface area contributed by atoms with Crippen molar-refractivity contribution in [3.8, 4) is 0 Å². The summed E-state index contributed by atoms with van der Waals surface area (Å²) >= 11 is 0. The molecule has 1 amide bonds. The first kappa shape index (κ1) is 16.7. The quantitative estimate of drug-likeness (QED) is 0.726. The molecule has 0 spiro atoms. The minimum atomic E-state index is -0.470. The fraction of sp³-hybridized carbons (Fsp3) is 0.294. The van der Waals surface area contributed by atoms with Crippen LogP contribution in [-0.4, -0.2) is 24.6 Å². The van der Waals surface area contributed by atoms with Gasteiger partial charge in [-0.1, -0.05) is 29.8 Å². The van der Waals surface area contributed by atoms with Crippen LogP contribution in [0.5, 0.6) is 0 Å². The molecule has 0 radical (unpaired) electrons. The molecule has 0 bridgehead atoms. The molecule has 0 unspecified atom stereocenters. The van der Waals surface area contributed by atoms with E-state index in [0.717, 1.165) is 15.7 Å². The lowest BCUT2D eigenvalue weighted by molar-refractivity contribution is -0.121. The summed E-state index contributed by atoms with van der Waals surface area (Å²) in [4.78, 5) is 40.6. The van der Waals surface area contributed by atoms with Gasteiger partial charge in [0.25, 0.3) is 5.56 Å². The summed E-state index contributed by atoms with van der Waals surface area (Å²) in [6, 6.07) is 7.86. The number of fused-ring (bicyclic) bond motifs is 1. The summed E-state index contributed by atoms with van der Waals surface area (Å²) in [5, 5.41) is 2.82. The van der Waals surface area contributed by atoms with Gasteiger partial charge in [0.15, 0.2) is 11.2 Å². The highest BCUT2D eigenvalue weighted by molar-refractivity contribution is 5.78. The number of nitrogens with zero attached hydrogens (tertiary/aromatic N) is 4. The first-order valence-electron chi connectivity index (χ1n) is 7.81. The molecule has 2 heterocycles. The van der Waals surface area contributed by atoms with Gasteiger partial charge in [-0.2, -0.15) is 0 Å². The molecule has 0 atom stereocenters. The number of imidazole rings is 1. The first-order valence-corrected chi connectivity index (χ1v) is 7.81. The molecule has 8 heteroatoms. The third-order valence-corrected chi connectivity index (χ3v) is 4.10. The van der Waals surface area contributed by atoms with Crippen LogP contribution in [0.3, 0.4) is 0 Å². The summed E-state index contributed by atoms with van der Waals surface area (Å²) in [5.74, 6) is -0.239. The number of carbonyl (C=O) groups is 1. The highest BCUT2D eigenvalue weighted by atomic mass is 16.2. The highest BCUT2D eigenvalue weighted by Crippen LogP contribution is 2.06.